The van der Waals surface area contributed by atoms with Gasteiger partial charge in [-0.25, -0.2) is 4.39 Å². The normalized spacial score (nSPS) is 9.92. The van der Waals surface area contributed by atoms with Crippen molar-refractivity contribution >= 4 is 44.2 Å². The van der Waals surface area contributed by atoms with E-state index in [4.69, 9.17) is 0 Å². The molecule has 1 aromatic carbocycles. The summed E-state index contributed by atoms with van der Waals surface area (Å²) < 4.78 is 13.3. The molecule has 0 spiro atoms. The van der Waals surface area contributed by atoms with Crippen LogP contribution in [-0.2, 0) is 0 Å². The lowest BCUT2D eigenvalue weighted by atomic mass is 10.3. The van der Waals surface area contributed by atoms with E-state index in [0.29, 0.717) is 4.47 Å². The van der Waals surface area contributed by atoms with Crippen LogP contribution in [0.5, 0.6) is 0 Å². The lowest BCUT2D eigenvalue weighted by Crippen LogP contribution is -1.94. The number of nitrogens with zero attached hydrogens (tertiary/aromatic N) is 1. The highest BCUT2D eigenvalue weighted by molar-refractivity contribution is 14.1. The summed E-state index contributed by atoms with van der Waals surface area (Å²) in [4.78, 5) is 9.72. The minimum Gasteiger partial charge on any atom is -0.258 e. The molecule has 0 fully saturated rings. The third-order valence-electron chi connectivity index (χ3n) is 1.17. The van der Waals surface area contributed by atoms with Crippen molar-refractivity contribution in [2.75, 3.05) is 0 Å². The average molecular weight is 346 g/mol. The molecule has 0 atom stereocenters. The van der Waals surface area contributed by atoms with Crippen LogP contribution in [0, 0.1) is 19.5 Å². The highest BCUT2D eigenvalue weighted by atomic mass is 127. The molecule has 0 bridgehead atoms. The second kappa shape index (κ2) is 3.65. The van der Waals surface area contributed by atoms with Gasteiger partial charge in [-0.2, -0.15) is 0 Å². The first-order valence-corrected chi connectivity index (χ1v) is 4.68. The van der Waals surface area contributed by atoms with Gasteiger partial charge in [0.05, 0.1) is 4.92 Å². The fourth-order valence-electron chi connectivity index (χ4n) is 0.675. The minimum absolute atomic E-state index is 0.0285. The standard InChI is InChI=1S/C6H2BrFINO2/c7-3-1-4(8)6(9)5(2-3)10(11)12/h1-2H. The Bertz CT molecular complexity index is 345. The molecule has 0 amide bonds. The topological polar surface area (TPSA) is 43.1 Å². The zero-order valence-electron chi connectivity index (χ0n) is 5.55. The molecule has 1 rings (SSSR count). The first-order chi connectivity index (χ1) is 5.52. The Balaban J connectivity index is 3.37. The van der Waals surface area contributed by atoms with Crippen LogP contribution in [0.2, 0.25) is 0 Å². The molecular weight excluding hydrogens is 344 g/mol. The van der Waals surface area contributed by atoms with E-state index in [-0.39, 0.29) is 9.26 Å². The van der Waals surface area contributed by atoms with E-state index in [2.05, 4.69) is 15.9 Å². The van der Waals surface area contributed by atoms with E-state index in [1.165, 1.54) is 12.1 Å². The van der Waals surface area contributed by atoms with E-state index in [1.807, 2.05) is 0 Å². The predicted octanol–water partition coefficient (Wildman–Crippen LogP) is 3.10. The Labute approximate surface area is 89.4 Å². The number of benzene rings is 1. The van der Waals surface area contributed by atoms with E-state index in [9.17, 15) is 14.5 Å². The zero-order chi connectivity index (χ0) is 9.30. The van der Waals surface area contributed by atoms with E-state index in [0.717, 1.165) is 0 Å². The SMILES string of the molecule is O=[N+]([O-])c1cc(Br)cc(F)c1I. The van der Waals surface area contributed by atoms with Gasteiger partial charge < -0.3 is 0 Å². The molecule has 64 valence electrons. The van der Waals surface area contributed by atoms with Crippen LogP contribution in [0.3, 0.4) is 0 Å². The van der Waals surface area contributed by atoms with Crippen molar-refractivity contribution in [2.24, 2.45) is 0 Å². The first-order valence-electron chi connectivity index (χ1n) is 2.81. The molecule has 0 unspecified atom stereocenters. The van der Waals surface area contributed by atoms with Gasteiger partial charge in [0.25, 0.3) is 5.69 Å². The first kappa shape index (κ1) is 9.85. The Morgan fingerprint density at radius 2 is 2.17 bits per heavy atom. The zero-order valence-corrected chi connectivity index (χ0v) is 9.30. The average Bonchev–Trinajstić information content (AvgIpc) is 1.96. The number of halogens is 3. The molecule has 0 aromatic heterocycles. The molecule has 3 nitrogen and oxygen atoms in total. The molecule has 0 aliphatic heterocycles. The van der Waals surface area contributed by atoms with Gasteiger partial charge in [0.15, 0.2) is 0 Å². The molecule has 6 heteroatoms. The van der Waals surface area contributed by atoms with Gasteiger partial charge in [-0.15, -0.1) is 0 Å². The summed E-state index contributed by atoms with van der Waals surface area (Å²) in [5.74, 6) is -0.586. The second-order valence-electron chi connectivity index (χ2n) is 1.98. The number of hydrogen-bond acceptors (Lipinski definition) is 2. The van der Waals surface area contributed by atoms with Crippen molar-refractivity contribution in [3.05, 3.63) is 36.1 Å². The van der Waals surface area contributed by atoms with Gasteiger partial charge in [0, 0.05) is 10.5 Å². The smallest absolute Gasteiger partial charge is 0.258 e. The Morgan fingerprint density at radius 3 is 2.67 bits per heavy atom. The Hall–Kier alpha value is -0.240. The van der Waals surface area contributed by atoms with Crippen LogP contribution in [0.1, 0.15) is 0 Å². The molecule has 0 heterocycles. The number of nitro benzene ring substituents is 1. The summed E-state index contributed by atoms with van der Waals surface area (Å²) in [6, 6.07) is 2.46. The molecule has 1 aromatic rings. The maximum Gasteiger partial charge on any atom is 0.286 e. The van der Waals surface area contributed by atoms with Crippen LogP contribution in [0.15, 0.2) is 16.6 Å². The van der Waals surface area contributed by atoms with Crippen molar-refractivity contribution in [2.45, 2.75) is 0 Å². The third-order valence-corrected chi connectivity index (χ3v) is 2.70. The monoisotopic (exact) mass is 345 g/mol. The van der Waals surface area contributed by atoms with Crippen molar-refractivity contribution in [3.63, 3.8) is 0 Å². The fraction of sp³-hybridized carbons (Fsp3) is 0. The molecule has 0 saturated heterocycles. The lowest BCUT2D eigenvalue weighted by molar-refractivity contribution is -0.386. The van der Waals surface area contributed by atoms with E-state index >= 15 is 0 Å². The molecule has 0 aliphatic carbocycles. The number of rotatable bonds is 1. The summed E-state index contributed by atoms with van der Waals surface area (Å²) in [6.07, 6.45) is 0. The van der Waals surface area contributed by atoms with Crippen molar-refractivity contribution in [3.8, 4) is 0 Å². The molecule has 0 N–H and O–H groups in total. The minimum atomic E-state index is -0.615. The quantitative estimate of drug-likeness (QED) is 0.340. The molecule has 0 radical (unpaired) electrons. The molecular formula is C6H2BrFINO2. The Kier molecular flexibility index (Phi) is 2.99. The van der Waals surface area contributed by atoms with Crippen LogP contribution in [0.4, 0.5) is 10.1 Å². The summed E-state index contributed by atoms with van der Waals surface area (Å²) in [5.41, 5.74) is -0.220. The van der Waals surface area contributed by atoms with Crippen molar-refractivity contribution in [1.29, 1.82) is 0 Å². The van der Waals surface area contributed by atoms with Gasteiger partial charge in [-0.05, 0) is 28.7 Å². The van der Waals surface area contributed by atoms with Gasteiger partial charge in [0.2, 0.25) is 0 Å². The third kappa shape index (κ3) is 1.92. The van der Waals surface area contributed by atoms with Crippen LogP contribution in [0.25, 0.3) is 0 Å². The van der Waals surface area contributed by atoms with Crippen molar-refractivity contribution in [1.82, 2.24) is 0 Å². The van der Waals surface area contributed by atoms with Crippen LogP contribution in [-0.4, -0.2) is 4.92 Å². The fourth-order valence-corrected chi connectivity index (χ4v) is 1.60. The maximum absolute atomic E-state index is 12.9. The second-order valence-corrected chi connectivity index (χ2v) is 3.97. The van der Waals surface area contributed by atoms with Gasteiger partial charge >= 0.3 is 0 Å². The predicted molar refractivity (Wildman–Crippen MR) is 53.5 cm³/mol. The van der Waals surface area contributed by atoms with Crippen LogP contribution < -0.4 is 0 Å². The van der Waals surface area contributed by atoms with Gasteiger partial charge in [-0.1, -0.05) is 15.9 Å². The molecule has 12 heavy (non-hydrogen) atoms. The highest BCUT2D eigenvalue weighted by Crippen LogP contribution is 2.27. The van der Waals surface area contributed by atoms with Gasteiger partial charge in [0.1, 0.15) is 9.39 Å². The molecule has 0 aliphatic rings. The highest BCUT2D eigenvalue weighted by Gasteiger charge is 2.16. The summed E-state index contributed by atoms with van der Waals surface area (Å²) in [6.45, 7) is 0. The summed E-state index contributed by atoms with van der Waals surface area (Å²) in [5, 5.41) is 10.3. The lowest BCUT2D eigenvalue weighted by Gasteiger charge is -1.97. The van der Waals surface area contributed by atoms with E-state index < -0.39 is 10.7 Å². The van der Waals surface area contributed by atoms with Crippen molar-refractivity contribution < 1.29 is 9.31 Å². The summed E-state index contributed by atoms with van der Waals surface area (Å²) >= 11 is 4.57. The van der Waals surface area contributed by atoms with E-state index in [1.54, 1.807) is 22.6 Å². The van der Waals surface area contributed by atoms with Gasteiger partial charge in [-0.3, -0.25) is 10.1 Å². The largest absolute Gasteiger partial charge is 0.286 e. The Morgan fingerprint density at radius 1 is 1.58 bits per heavy atom. The maximum atomic E-state index is 12.9. The van der Waals surface area contributed by atoms with Crippen LogP contribution >= 0.6 is 38.5 Å². The number of nitro groups is 1. The summed E-state index contributed by atoms with van der Waals surface area (Å²) in [7, 11) is 0. The number of hydrogen-bond donors (Lipinski definition) is 0. The molecule has 0 saturated carbocycles.